The minimum atomic E-state index is 0.485. The van der Waals surface area contributed by atoms with Crippen LogP contribution in [0.15, 0.2) is 36.5 Å². The Kier molecular flexibility index (Phi) is 4.97. The average molecular weight is 283 g/mol. The van der Waals surface area contributed by atoms with E-state index in [0.717, 1.165) is 12.4 Å². The third-order valence-electron chi connectivity index (χ3n) is 3.46. The van der Waals surface area contributed by atoms with E-state index in [9.17, 15) is 0 Å². The van der Waals surface area contributed by atoms with Gasteiger partial charge in [-0.05, 0) is 54.8 Å². The molecule has 0 bridgehead atoms. The lowest BCUT2D eigenvalue weighted by atomic mass is 10.1. The van der Waals surface area contributed by atoms with Crippen LogP contribution in [0, 0.1) is 13.8 Å². The van der Waals surface area contributed by atoms with Crippen molar-refractivity contribution in [1.82, 2.24) is 10.3 Å². The standard InChI is InChI=1S/C18H25N3/c1-13(2)20-12-16-6-7-19-18(11-16)21(5)17-9-14(3)8-15(4)10-17/h6-11,13,20H,12H2,1-5H3. The van der Waals surface area contributed by atoms with E-state index in [1.54, 1.807) is 0 Å². The van der Waals surface area contributed by atoms with E-state index in [1.165, 1.54) is 22.4 Å². The lowest BCUT2D eigenvalue weighted by Crippen LogP contribution is -2.22. The third kappa shape index (κ3) is 4.30. The molecule has 0 aliphatic rings. The summed E-state index contributed by atoms with van der Waals surface area (Å²) >= 11 is 0. The molecule has 0 aliphatic carbocycles. The maximum absolute atomic E-state index is 4.50. The Labute approximate surface area is 128 Å². The van der Waals surface area contributed by atoms with Gasteiger partial charge in [0, 0.05) is 31.5 Å². The molecule has 112 valence electrons. The number of nitrogens with one attached hydrogen (secondary N) is 1. The molecule has 0 unspecified atom stereocenters. The van der Waals surface area contributed by atoms with Crippen LogP contribution in [-0.4, -0.2) is 18.1 Å². The monoisotopic (exact) mass is 283 g/mol. The minimum Gasteiger partial charge on any atom is -0.329 e. The molecule has 1 aromatic carbocycles. The summed E-state index contributed by atoms with van der Waals surface area (Å²) in [6.45, 7) is 9.43. The molecule has 3 heteroatoms. The second-order valence-corrected chi connectivity index (χ2v) is 5.96. The molecule has 1 aromatic heterocycles. The zero-order chi connectivity index (χ0) is 15.4. The van der Waals surface area contributed by atoms with Crippen LogP contribution in [0.3, 0.4) is 0 Å². The molecule has 1 N–H and O–H groups in total. The number of aromatic nitrogens is 1. The van der Waals surface area contributed by atoms with Gasteiger partial charge >= 0.3 is 0 Å². The van der Waals surface area contributed by atoms with Crippen LogP contribution in [0.1, 0.15) is 30.5 Å². The van der Waals surface area contributed by atoms with Crippen molar-refractivity contribution in [3.05, 3.63) is 53.2 Å². The van der Waals surface area contributed by atoms with Crippen LogP contribution < -0.4 is 10.2 Å². The van der Waals surface area contributed by atoms with Crippen molar-refractivity contribution in [2.45, 2.75) is 40.3 Å². The van der Waals surface area contributed by atoms with E-state index in [2.05, 4.69) is 80.3 Å². The summed E-state index contributed by atoms with van der Waals surface area (Å²) in [5.74, 6) is 0.975. The number of rotatable bonds is 5. The molecular formula is C18H25N3. The van der Waals surface area contributed by atoms with Gasteiger partial charge in [0.15, 0.2) is 0 Å². The van der Waals surface area contributed by atoms with E-state index >= 15 is 0 Å². The first kappa shape index (κ1) is 15.5. The number of aryl methyl sites for hydroxylation is 2. The van der Waals surface area contributed by atoms with Crippen LogP contribution in [0.25, 0.3) is 0 Å². The van der Waals surface area contributed by atoms with Crippen molar-refractivity contribution in [1.29, 1.82) is 0 Å². The van der Waals surface area contributed by atoms with Gasteiger partial charge < -0.3 is 10.2 Å². The highest BCUT2D eigenvalue weighted by Crippen LogP contribution is 2.24. The first-order valence-electron chi connectivity index (χ1n) is 7.46. The van der Waals surface area contributed by atoms with Crippen LogP contribution in [0.5, 0.6) is 0 Å². The Morgan fingerprint density at radius 3 is 2.38 bits per heavy atom. The summed E-state index contributed by atoms with van der Waals surface area (Å²) < 4.78 is 0. The lowest BCUT2D eigenvalue weighted by molar-refractivity contribution is 0.588. The largest absolute Gasteiger partial charge is 0.329 e. The Balaban J connectivity index is 2.22. The number of benzene rings is 1. The maximum Gasteiger partial charge on any atom is 0.132 e. The van der Waals surface area contributed by atoms with Crippen molar-refractivity contribution in [3.63, 3.8) is 0 Å². The smallest absolute Gasteiger partial charge is 0.132 e. The zero-order valence-corrected chi connectivity index (χ0v) is 13.6. The van der Waals surface area contributed by atoms with Gasteiger partial charge in [0.25, 0.3) is 0 Å². The molecule has 0 saturated heterocycles. The fourth-order valence-electron chi connectivity index (χ4n) is 2.35. The fourth-order valence-corrected chi connectivity index (χ4v) is 2.35. The molecular weight excluding hydrogens is 258 g/mol. The minimum absolute atomic E-state index is 0.485. The molecule has 3 nitrogen and oxygen atoms in total. The van der Waals surface area contributed by atoms with Gasteiger partial charge in [0.2, 0.25) is 0 Å². The molecule has 2 rings (SSSR count). The molecule has 0 spiro atoms. The predicted octanol–water partition coefficient (Wildman–Crippen LogP) is 3.96. The Morgan fingerprint density at radius 2 is 1.76 bits per heavy atom. The quantitative estimate of drug-likeness (QED) is 0.900. The van der Waals surface area contributed by atoms with Gasteiger partial charge in [-0.2, -0.15) is 0 Å². The summed E-state index contributed by atoms with van der Waals surface area (Å²) in [6, 6.07) is 11.3. The zero-order valence-electron chi connectivity index (χ0n) is 13.6. The van der Waals surface area contributed by atoms with Crippen molar-refractivity contribution < 1.29 is 0 Å². The highest BCUT2D eigenvalue weighted by molar-refractivity contribution is 5.61. The van der Waals surface area contributed by atoms with Crippen LogP contribution >= 0.6 is 0 Å². The third-order valence-corrected chi connectivity index (χ3v) is 3.46. The number of nitrogens with zero attached hydrogens (tertiary/aromatic N) is 2. The van der Waals surface area contributed by atoms with Gasteiger partial charge in [-0.1, -0.05) is 19.9 Å². The second-order valence-electron chi connectivity index (χ2n) is 5.96. The summed E-state index contributed by atoms with van der Waals surface area (Å²) in [4.78, 5) is 6.64. The molecule has 1 heterocycles. The fraction of sp³-hybridized carbons (Fsp3) is 0.389. The Hall–Kier alpha value is -1.87. The average Bonchev–Trinajstić information content (AvgIpc) is 2.43. The van der Waals surface area contributed by atoms with E-state index < -0.39 is 0 Å². The van der Waals surface area contributed by atoms with Crippen molar-refractivity contribution in [2.24, 2.45) is 0 Å². The molecule has 0 saturated carbocycles. The maximum atomic E-state index is 4.50. The van der Waals surface area contributed by atoms with E-state index in [-0.39, 0.29) is 0 Å². The number of anilines is 2. The highest BCUT2D eigenvalue weighted by atomic mass is 15.2. The second kappa shape index (κ2) is 6.72. The summed E-state index contributed by atoms with van der Waals surface area (Å²) in [5, 5.41) is 3.44. The summed E-state index contributed by atoms with van der Waals surface area (Å²) in [6.07, 6.45) is 1.88. The SMILES string of the molecule is Cc1cc(C)cc(N(C)c2cc(CNC(C)C)ccn2)c1. The van der Waals surface area contributed by atoms with E-state index in [0.29, 0.717) is 6.04 Å². The molecule has 0 aliphatic heterocycles. The molecule has 0 radical (unpaired) electrons. The topological polar surface area (TPSA) is 28.2 Å². The van der Waals surface area contributed by atoms with Crippen molar-refractivity contribution in [3.8, 4) is 0 Å². The van der Waals surface area contributed by atoms with Crippen LogP contribution in [-0.2, 0) is 6.54 Å². The van der Waals surface area contributed by atoms with E-state index in [4.69, 9.17) is 0 Å². The first-order chi connectivity index (χ1) is 9.95. The number of hydrogen-bond acceptors (Lipinski definition) is 3. The summed E-state index contributed by atoms with van der Waals surface area (Å²) in [5.41, 5.74) is 4.97. The lowest BCUT2D eigenvalue weighted by Gasteiger charge is -2.20. The molecule has 21 heavy (non-hydrogen) atoms. The van der Waals surface area contributed by atoms with Crippen molar-refractivity contribution >= 4 is 11.5 Å². The van der Waals surface area contributed by atoms with Gasteiger partial charge in [-0.3, -0.25) is 0 Å². The molecule has 0 fully saturated rings. The Bertz CT molecular complexity index is 585. The van der Waals surface area contributed by atoms with Crippen molar-refractivity contribution in [2.75, 3.05) is 11.9 Å². The predicted molar refractivity (Wildman–Crippen MR) is 90.2 cm³/mol. The number of hydrogen-bond donors (Lipinski definition) is 1. The van der Waals surface area contributed by atoms with E-state index in [1.807, 2.05) is 6.20 Å². The highest BCUT2D eigenvalue weighted by Gasteiger charge is 2.07. The van der Waals surface area contributed by atoms with Crippen LogP contribution in [0.2, 0.25) is 0 Å². The summed E-state index contributed by atoms with van der Waals surface area (Å²) in [7, 11) is 2.07. The van der Waals surface area contributed by atoms with Gasteiger partial charge in [0.05, 0.1) is 0 Å². The Morgan fingerprint density at radius 1 is 1.10 bits per heavy atom. The van der Waals surface area contributed by atoms with Gasteiger partial charge in [0.1, 0.15) is 5.82 Å². The van der Waals surface area contributed by atoms with Gasteiger partial charge in [-0.15, -0.1) is 0 Å². The molecule has 2 aromatic rings. The normalized spacial score (nSPS) is 11.0. The van der Waals surface area contributed by atoms with Crippen LogP contribution in [0.4, 0.5) is 11.5 Å². The molecule has 0 amide bonds. The number of pyridine rings is 1. The van der Waals surface area contributed by atoms with Gasteiger partial charge in [-0.25, -0.2) is 4.98 Å². The first-order valence-corrected chi connectivity index (χ1v) is 7.46. The molecule has 0 atom stereocenters.